The lowest BCUT2D eigenvalue weighted by Crippen LogP contribution is -2.50. The van der Waals surface area contributed by atoms with Crippen LogP contribution in [-0.2, 0) is 4.74 Å². The van der Waals surface area contributed by atoms with E-state index in [0.717, 1.165) is 53.9 Å². The van der Waals surface area contributed by atoms with Gasteiger partial charge in [-0.25, -0.2) is 15.0 Å². The molecule has 3 aromatic heterocycles. The number of ether oxygens (including phenoxy) is 1. The molecule has 3 aromatic rings. The van der Waals surface area contributed by atoms with E-state index in [1.807, 2.05) is 35.3 Å². The van der Waals surface area contributed by atoms with Crippen molar-refractivity contribution in [2.75, 3.05) is 24.6 Å². The topological polar surface area (TPSA) is 81.6 Å². The van der Waals surface area contributed by atoms with Crippen LogP contribution in [0.25, 0.3) is 5.65 Å². The predicted octanol–water partition coefficient (Wildman–Crippen LogP) is 3.68. The van der Waals surface area contributed by atoms with E-state index in [1.165, 1.54) is 11.8 Å². The maximum absolute atomic E-state index is 6.49. The van der Waals surface area contributed by atoms with Gasteiger partial charge in [-0.3, -0.25) is 0 Å². The molecule has 5 heterocycles. The number of nitrogens with two attached hydrogens (primary N) is 1. The fourth-order valence-electron chi connectivity index (χ4n) is 4.31. The van der Waals surface area contributed by atoms with E-state index in [-0.39, 0.29) is 30.0 Å². The first kappa shape index (κ1) is 21.6. The SMILES string of the molecule is C[C@@H]1OCC2(CCN(c3cnc(Sc4ccn5ccnc5c4Cl)cn3)CC2)[C@@H]1N.Cl. The van der Waals surface area contributed by atoms with Crippen molar-refractivity contribution in [1.82, 2.24) is 19.4 Å². The quantitative estimate of drug-likeness (QED) is 0.629. The molecule has 10 heteroatoms. The van der Waals surface area contributed by atoms with Gasteiger partial charge < -0.3 is 19.8 Å². The molecule has 160 valence electrons. The molecule has 0 saturated carbocycles. The number of piperidine rings is 1. The first-order chi connectivity index (χ1) is 14.1. The molecule has 0 aromatic carbocycles. The third kappa shape index (κ3) is 3.76. The highest BCUT2D eigenvalue weighted by atomic mass is 35.5. The monoisotopic (exact) mass is 466 g/mol. The van der Waals surface area contributed by atoms with Crippen LogP contribution in [0.5, 0.6) is 0 Å². The Balaban J connectivity index is 0.00000218. The Labute approximate surface area is 190 Å². The summed E-state index contributed by atoms with van der Waals surface area (Å²) < 4.78 is 7.71. The first-order valence-electron chi connectivity index (χ1n) is 9.79. The van der Waals surface area contributed by atoms with Gasteiger partial charge in [0.2, 0.25) is 0 Å². The normalized spacial score (nSPS) is 23.1. The second-order valence-electron chi connectivity index (χ2n) is 7.86. The summed E-state index contributed by atoms with van der Waals surface area (Å²) in [5.41, 5.74) is 7.27. The van der Waals surface area contributed by atoms with Gasteiger partial charge in [0, 0.05) is 48.0 Å². The molecular weight excluding hydrogens is 443 g/mol. The van der Waals surface area contributed by atoms with Crippen LogP contribution in [0.15, 0.2) is 47.0 Å². The maximum atomic E-state index is 6.49. The van der Waals surface area contributed by atoms with Gasteiger partial charge in [0.15, 0.2) is 5.65 Å². The molecule has 2 N–H and O–H groups in total. The van der Waals surface area contributed by atoms with Gasteiger partial charge in [-0.05, 0) is 25.8 Å². The molecule has 2 aliphatic rings. The summed E-state index contributed by atoms with van der Waals surface area (Å²) in [4.78, 5) is 16.7. The van der Waals surface area contributed by atoms with Crippen LogP contribution in [0.4, 0.5) is 5.82 Å². The Bertz CT molecular complexity index is 1020. The summed E-state index contributed by atoms with van der Waals surface area (Å²) in [6.07, 6.45) is 11.4. The molecule has 7 nitrogen and oxygen atoms in total. The Hall–Kier alpha value is -1.58. The zero-order valence-corrected chi connectivity index (χ0v) is 19.0. The van der Waals surface area contributed by atoms with Crippen molar-refractivity contribution in [2.24, 2.45) is 11.1 Å². The summed E-state index contributed by atoms with van der Waals surface area (Å²) >= 11 is 7.98. The van der Waals surface area contributed by atoms with Gasteiger partial charge in [0.1, 0.15) is 10.8 Å². The minimum Gasteiger partial charge on any atom is -0.376 e. The fourth-order valence-corrected chi connectivity index (χ4v) is 5.38. The van der Waals surface area contributed by atoms with Crippen LogP contribution in [0.1, 0.15) is 19.8 Å². The summed E-state index contributed by atoms with van der Waals surface area (Å²) in [5, 5.41) is 1.43. The first-order valence-corrected chi connectivity index (χ1v) is 11.0. The van der Waals surface area contributed by atoms with E-state index >= 15 is 0 Å². The van der Waals surface area contributed by atoms with Crippen LogP contribution >= 0.6 is 35.8 Å². The number of anilines is 1. The summed E-state index contributed by atoms with van der Waals surface area (Å²) in [7, 11) is 0. The van der Waals surface area contributed by atoms with Crippen LogP contribution < -0.4 is 10.6 Å². The van der Waals surface area contributed by atoms with Gasteiger partial charge in [0.05, 0.1) is 30.1 Å². The summed E-state index contributed by atoms with van der Waals surface area (Å²) in [5.74, 6) is 0.902. The van der Waals surface area contributed by atoms with E-state index in [9.17, 15) is 0 Å². The number of halogens is 2. The van der Waals surface area contributed by atoms with E-state index in [1.54, 1.807) is 6.20 Å². The average molecular weight is 467 g/mol. The number of pyridine rings is 1. The molecular formula is C20H24Cl2N6OS. The van der Waals surface area contributed by atoms with Gasteiger partial charge >= 0.3 is 0 Å². The van der Waals surface area contributed by atoms with Crippen molar-refractivity contribution in [3.05, 3.63) is 42.1 Å². The van der Waals surface area contributed by atoms with E-state index in [2.05, 4.69) is 26.8 Å². The summed E-state index contributed by atoms with van der Waals surface area (Å²) in [6.45, 7) is 4.69. The van der Waals surface area contributed by atoms with Crippen LogP contribution in [0.3, 0.4) is 0 Å². The third-order valence-electron chi connectivity index (χ3n) is 6.23. The number of fused-ring (bicyclic) bond motifs is 1. The van der Waals surface area contributed by atoms with E-state index < -0.39 is 0 Å². The second kappa shape index (κ2) is 8.51. The Kier molecular flexibility index (Phi) is 6.14. The average Bonchev–Trinajstić information content (AvgIpc) is 3.33. The lowest BCUT2D eigenvalue weighted by Gasteiger charge is -2.41. The molecule has 0 unspecified atom stereocenters. The smallest absolute Gasteiger partial charge is 0.156 e. The minimum absolute atomic E-state index is 0. The molecule has 2 saturated heterocycles. The van der Waals surface area contributed by atoms with Gasteiger partial charge in [0.25, 0.3) is 0 Å². The largest absolute Gasteiger partial charge is 0.376 e. The molecule has 5 rings (SSSR count). The lowest BCUT2D eigenvalue weighted by atomic mass is 9.73. The molecule has 0 bridgehead atoms. The number of rotatable bonds is 3. The van der Waals surface area contributed by atoms with Gasteiger partial charge in [-0.2, -0.15) is 0 Å². The van der Waals surface area contributed by atoms with Crippen LogP contribution in [-0.4, -0.2) is 51.2 Å². The molecule has 1 spiro atoms. The molecule has 0 radical (unpaired) electrons. The summed E-state index contributed by atoms with van der Waals surface area (Å²) in [6, 6.07) is 2.08. The van der Waals surface area contributed by atoms with Gasteiger partial charge in [-0.1, -0.05) is 23.4 Å². The molecule has 2 aliphatic heterocycles. The number of nitrogens with zero attached hydrogens (tertiary/aromatic N) is 5. The molecule has 0 aliphatic carbocycles. The van der Waals surface area contributed by atoms with Crippen LogP contribution in [0.2, 0.25) is 5.02 Å². The van der Waals surface area contributed by atoms with Crippen molar-refractivity contribution in [1.29, 1.82) is 0 Å². The van der Waals surface area contributed by atoms with Crippen LogP contribution in [0, 0.1) is 5.41 Å². The van der Waals surface area contributed by atoms with E-state index in [0.29, 0.717) is 5.02 Å². The Morgan fingerprint density at radius 1 is 1.20 bits per heavy atom. The molecule has 2 atom stereocenters. The number of hydrogen-bond acceptors (Lipinski definition) is 7. The van der Waals surface area contributed by atoms with Crippen molar-refractivity contribution in [2.45, 2.75) is 41.8 Å². The predicted molar refractivity (Wildman–Crippen MR) is 121 cm³/mol. The minimum atomic E-state index is 0. The zero-order valence-electron chi connectivity index (χ0n) is 16.6. The van der Waals surface area contributed by atoms with Crippen molar-refractivity contribution in [3.63, 3.8) is 0 Å². The standard InChI is InChI=1S/C20H23ClN6OS.ClH/c1-13-18(22)20(12-28-13)3-7-26(8-4-20)15-10-25-16(11-24-15)29-14-2-6-27-9-5-23-19(27)17(14)21;/h2,5-6,9-11,13,18H,3-4,7-8,12,22H2,1H3;1H/t13-,18+;/m0./s1. The Morgan fingerprint density at radius 2 is 2.00 bits per heavy atom. The molecule has 0 amide bonds. The Morgan fingerprint density at radius 3 is 2.67 bits per heavy atom. The highest BCUT2D eigenvalue weighted by molar-refractivity contribution is 7.99. The number of aromatic nitrogens is 4. The fraction of sp³-hybridized carbons (Fsp3) is 0.450. The van der Waals surface area contributed by atoms with Crippen molar-refractivity contribution in [3.8, 4) is 0 Å². The molecule has 30 heavy (non-hydrogen) atoms. The zero-order chi connectivity index (χ0) is 20.0. The number of hydrogen-bond donors (Lipinski definition) is 1. The highest BCUT2D eigenvalue weighted by Crippen LogP contribution is 2.42. The second-order valence-corrected chi connectivity index (χ2v) is 9.30. The van der Waals surface area contributed by atoms with Gasteiger partial charge in [-0.15, -0.1) is 12.4 Å². The molecule has 2 fully saturated rings. The van der Waals surface area contributed by atoms with Crippen molar-refractivity contribution >= 4 is 47.2 Å². The number of imidazole rings is 1. The lowest BCUT2D eigenvalue weighted by molar-refractivity contribution is 0.0974. The van der Waals surface area contributed by atoms with Crippen molar-refractivity contribution < 1.29 is 4.74 Å². The maximum Gasteiger partial charge on any atom is 0.156 e. The van der Waals surface area contributed by atoms with E-state index in [4.69, 9.17) is 22.1 Å². The highest BCUT2D eigenvalue weighted by Gasteiger charge is 2.47. The third-order valence-corrected chi connectivity index (χ3v) is 7.69.